The van der Waals surface area contributed by atoms with E-state index in [0.29, 0.717) is 0 Å². The zero-order chi connectivity index (χ0) is 11.3. The van der Waals surface area contributed by atoms with E-state index in [1.165, 1.54) is 5.56 Å². The van der Waals surface area contributed by atoms with Gasteiger partial charge in [-0.25, -0.2) is 0 Å². The minimum atomic E-state index is 0.159. The van der Waals surface area contributed by atoms with Gasteiger partial charge in [-0.15, -0.1) is 0 Å². The molecule has 0 bridgehead atoms. The van der Waals surface area contributed by atoms with Crippen LogP contribution in [0.15, 0.2) is 29.3 Å². The first-order valence-electron chi connectivity index (χ1n) is 5.15. The Kier molecular flexibility index (Phi) is 3.89. The minimum Gasteiger partial charge on any atom is -0.497 e. The van der Waals surface area contributed by atoms with Gasteiger partial charge in [0.2, 0.25) is 0 Å². The van der Waals surface area contributed by atoms with Crippen LogP contribution in [0, 0.1) is 5.41 Å². The highest BCUT2D eigenvalue weighted by molar-refractivity contribution is 5.63. The zero-order valence-corrected chi connectivity index (χ0v) is 9.95. The van der Waals surface area contributed by atoms with Crippen LogP contribution in [0.1, 0.15) is 26.3 Å². The highest BCUT2D eigenvalue weighted by Crippen LogP contribution is 2.13. The minimum absolute atomic E-state index is 0.159. The van der Waals surface area contributed by atoms with E-state index in [9.17, 15) is 0 Å². The van der Waals surface area contributed by atoms with Crippen molar-refractivity contribution < 1.29 is 4.74 Å². The molecule has 82 valence electrons. The molecule has 1 aromatic rings. The Morgan fingerprint density at radius 3 is 2.27 bits per heavy atom. The van der Waals surface area contributed by atoms with Crippen molar-refractivity contribution in [2.75, 3.05) is 7.11 Å². The Morgan fingerprint density at radius 2 is 1.80 bits per heavy atom. The molecule has 15 heavy (non-hydrogen) atoms. The quantitative estimate of drug-likeness (QED) is 0.694. The Morgan fingerprint density at radius 1 is 1.20 bits per heavy atom. The molecule has 0 aromatic heterocycles. The van der Waals surface area contributed by atoms with Crippen LogP contribution >= 0.6 is 0 Å². The molecule has 0 aliphatic rings. The number of benzene rings is 1. The first-order chi connectivity index (χ1) is 7.01. The Hall–Kier alpha value is -1.31. The van der Waals surface area contributed by atoms with E-state index in [-0.39, 0.29) is 5.41 Å². The molecule has 0 radical (unpaired) electrons. The van der Waals surface area contributed by atoms with Gasteiger partial charge in [0, 0.05) is 6.21 Å². The fraction of sp³-hybridized carbons (Fsp3) is 0.462. The fourth-order valence-corrected chi connectivity index (χ4v) is 1.16. The average molecular weight is 205 g/mol. The van der Waals surface area contributed by atoms with Crippen LogP contribution in [-0.2, 0) is 6.54 Å². The number of methoxy groups -OCH3 is 1. The van der Waals surface area contributed by atoms with Crippen molar-refractivity contribution in [3.63, 3.8) is 0 Å². The molecular formula is C13H19NO. The first-order valence-corrected chi connectivity index (χ1v) is 5.15. The van der Waals surface area contributed by atoms with Gasteiger partial charge < -0.3 is 4.74 Å². The molecule has 2 nitrogen and oxygen atoms in total. The van der Waals surface area contributed by atoms with Crippen molar-refractivity contribution in [3.05, 3.63) is 29.8 Å². The highest BCUT2D eigenvalue weighted by atomic mass is 16.5. The summed E-state index contributed by atoms with van der Waals surface area (Å²) in [7, 11) is 1.67. The topological polar surface area (TPSA) is 21.6 Å². The van der Waals surface area contributed by atoms with E-state index in [1.54, 1.807) is 7.11 Å². The summed E-state index contributed by atoms with van der Waals surface area (Å²) in [6, 6.07) is 8.00. The van der Waals surface area contributed by atoms with Gasteiger partial charge in [0.25, 0.3) is 0 Å². The van der Waals surface area contributed by atoms with Crippen molar-refractivity contribution in [2.24, 2.45) is 10.4 Å². The van der Waals surface area contributed by atoms with Crippen LogP contribution in [0.3, 0.4) is 0 Å². The Balaban J connectivity index is 2.55. The second kappa shape index (κ2) is 4.96. The maximum Gasteiger partial charge on any atom is 0.118 e. The van der Waals surface area contributed by atoms with Crippen LogP contribution in [0.25, 0.3) is 0 Å². The summed E-state index contributed by atoms with van der Waals surface area (Å²) < 4.78 is 5.09. The normalized spacial score (nSPS) is 12.0. The summed E-state index contributed by atoms with van der Waals surface area (Å²) in [5.74, 6) is 0.888. The number of aliphatic imine (C=N–C) groups is 1. The third-order valence-electron chi connectivity index (χ3n) is 1.91. The number of rotatable bonds is 3. The third-order valence-corrected chi connectivity index (χ3v) is 1.91. The van der Waals surface area contributed by atoms with Crippen LogP contribution in [0.2, 0.25) is 0 Å². The molecule has 0 aliphatic heterocycles. The number of ether oxygens (including phenoxy) is 1. The fourth-order valence-electron chi connectivity index (χ4n) is 1.16. The third kappa shape index (κ3) is 4.63. The predicted octanol–water partition coefficient (Wildman–Crippen LogP) is 3.31. The summed E-state index contributed by atoms with van der Waals surface area (Å²) in [6.45, 7) is 7.17. The maximum atomic E-state index is 5.09. The van der Waals surface area contributed by atoms with Gasteiger partial charge in [-0.2, -0.15) is 0 Å². The summed E-state index contributed by atoms with van der Waals surface area (Å²) in [5.41, 5.74) is 1.36. The summed E-state index contributed by atoms with van der Waals surface area (Å²) in [6.07, 6.45) is 2.00. The number of nitrogens with zero attached hydrogens (tertiary/aromatic N) is 1. The van der Waals surface area contributed by atoms with E-state index >= 15 is 0 Å². The molecular weight excluding hydrogens is 186 g/mol. The van der Waals surface area contributed by atoms with Gasteiger partial charge in [-0.05, 0) is 23.1 Å². The molecule has 0 heterocycles. The van der Waals surface area contributed by atoms with Crippen LogP contribution < -0.4 is 4.74 Å². The molecule has 2 heteroatoms. The molecule has 0 amide bonds. The van der Waals surface area contributed by atoms with Crippen LogP contribution in [0.4, 0.5) is 0 Å². The van der Waals surface area contributed by atoms with E-state index in [0.717, 1.165) is 12.3 Å². The van der Waals surface area contributed by atoms with Crippen molar-refractivity contribution >= 4 is 6.21 Å². The summed E-state index contributed by atoms with van der Waals surface area (Å²) in [4.78, 5) is 4.40. The maximum absolute atomic E-state index is 5.09. The monoisotopic (exact) mass is 205 g/mol. The second-order valence-electron chi connectivity index (χ2n) is 4.68. The SMILES string of the molecule is COc1ccc(C/N=C/C(C)(C)C)cc1. The largest absolute Gasteiger partial charge is 0.497 e. The Bertz CT molecular complexity index is 319. The molecule has 0 atom stereocenters. The van der Waals surface area contributed by atoms with E-state index < -0.39 is 0 Å². The zero-order valence-electron chi connectivity index (χ0n) is 9.95. The van der Waals surface area contributed by atoms with Crippen molar-refractivity contribution in [1.29, 1.82) is 0 Å². The highest BCUT2D eigenvalue weighted by Gasteiger charge is 2.04. The standard InChI is InChI=1S/C13H19NO/c1-13(2,3)10-14-9-11-5-7-12(15-4)8-6-11/h5-8,10H,9H2,1-4H3/b14-10+. The lowest BCUT2D eigenvalue weighted by Crippen LogP contribution is -2.06. The molecule has 1 rings (SSSR count). The molecule has 0 saturated carbocycles. The van der Waals surface area contributed by atoms with E-state index in [2.05, 4.69) is 25.8 Å². The summed E-state index contributed by atoms with van der Waals surface area (Å²) >= 11 is 0. The first kappa shape index (κ1) is 11.8. The molecule has 0 saturated heterocycles. The molecule has 0 aliphatic carbocycles. The van der Waals surface area contributed by atoms with Crippen molar-refractivity contribution in [3.8, 4) is 5.75 Å². The lowest BCUT2D eigenvalue weighted by molar-refractivity contribution is 0.414. The molecule has 0 fully saturated rings. The van der Waals surface area contributed by atoms with Gasteiger partial charge in [0.1, 0.15) is 5.75 Å². The van der Waals surface area contributed by atoms with Gasteiger partial charge in [-0.3, -0.25) is 4.99 Å². The number of hydrogen-bond donors (Lipinski definition) is 0. The van der Waals surface area contributed by atoms with E-state index in [1.807, 2.05) is 30.5 Å². The van der Waals surface area contributed by atoms with Crippen molar-refractivity contribution in [1.82, 2.24) is 0 Å². The second-order valence-corrected chi connectivity index (χ2v) is 4.68. The van der Waals surface area contributed by atoms with Crippen LogP contribution in [0.5, 0.6) is 5.75 Å². The van der Waals surface area contributed by atoms with Gasteiger partial charge in [0.05, 0.1) is 13.7 Å². The van der Waals surface area contributed by atoms with Crippen LogP contribution in [-0.4, -0.2) is 13.3 Å². The molecule has 1 aromatic carbocycles. The average Bonchev–Trinajstić information content (AvgIpc) is 2.17. The van der Waals surface area contributed by atoms with E-state index in [4.69, 9.17) is 4.74 Å². The smallest absolute Gasteiger partial charge is 0.118 e. The predicted molar refractivity (Wildman–Crippen MR) is 64.6 cm³/mol. The molecule has 0 spiro atoms. The molecule has 0 unspecified atom stereocenters. The lowest BCUT2D eigenvalue weighted by Gasteiger charge is -2.09. The van der Waals surface area contributed by atoms with Gasteiger partial charge >= 0.3 is 0 Å². The molecule has 0 N–H and O–H groups in total. The van der Waals surface area contributed by atoms with Gasteiger partial charge in [0.15, 0.2) is 0 Å². The number of hydrogen-bond acceptors (Lipinski definition) is 2. The van der Waals surface area contributed by atoms with Crippen molar-refractivity contribution in [2.45, 2.75) is 27.3 Å². The summed E-state index contributed by atoms with van der Waals surface area (Å²) in [5, 5.41) is 0. The lowest BCUT2D eigenvalue weighted by atomic mass is 9.99. The Labute approximate surface area is 92.0 Å². The van der Waals surface area contributed by atoms with Gasteiger partial charge in [-0.1, -0.05) is 32.9 Å².